The van der Waals surface area contributed by atoms with Crippen molar-refractivity contribution in [1.82, 2.24) is 0 Å². The van der Waals surface area contributed by atoms with Crippen molar-refractivity contribution in [3.05, 3.63) is 57.6 Å². The van der Waals surface area contributed by atoms with Gasteiger partial charge in [0.15, 0.2) is 0 Å². The average Bonchev–Trinajstić information content (AvgIpc) is 2.45. The fourth-order valence-corrected chi connectivity index (χ4v) is 2.62. The second kappa shape index (κ2) is 7.10. The summed E-state index contributed by atoms with van der Waals surface area (Å²) in [5, 5.41) is 0. The molecule has 0 radical (unpaired) electrons. The Morgan fingerprint density at radius 1 is 1.05 bits per heavy atom. The molecule has 0 saturated carbocycles. The molecule has 0 amide bonds. The molecule has 1 unspecified atom stereocenters. The number of nitrogens with two attached hydrogens (primary N) is 1. The van der Waals surface area contributed by atoms with Gasteiger partial charge < -0.3 is 10.5 Å². The first kappa shape index (κ1) is 16.1. The molecule has 21 heavy (non-hydrogen) atoms. The predicted molar refractivity (Wildman–Crippen MR) is 92.1 cm³/mol. The lowest BCUT2D eigenvalue weighted by atomic mass is 10.0. The van der Waals surface area contributed by atoms with Crippen LogP contribution >= 0.6 is 15.9 Å². The molecular weight excluding hydrogens is 326 g/mol. The van der Waals surface area contributed by atoms with E-state index in [9.17, 15) is 0 Å². The highest BCUT2D eigenvalue weighted by Gasteiger charge is 2.07. The van der Waals surface area contributed by atoms with Crippen molar-refractivity contribution in [2.24, 2.45) is 5.73 Å². The lowest BCUT2D eigenvalue weighted by Crippen LogP contribution is -2.21. The van der Waals surface area contributed by atoms with Crippen LogP contribution < -0.4 is 10.5 Å². The third-order valence-electron chi connectivity index (χ3n) is 3.75. The number of hydrogen-bond acceptors (Lipinski definition) is 2. The van der Waals surface area contributed by atoms with E-state index in [0.29, 0.717) is 0 Å². The Balaban J connectivity index is 2.14. The van der Waals surface area contributed by atoms with Gasteiger partial charge in [0, 0.05) is 10.5 Å². The summed E-state index contributed by atoms with van der Waals surface area (Å²) in [5.74, 6) is 1.70. The topological polar surface area (TPSA) is 35.2 Å². The highest BCUT2D eigenvalue weighted by molar-refractivity contribution is 9.10. The molecule has 2 aromatic carbocycles. The number of hydrogen-bond donors (Lipinski definition) is 1. The molecule has 0 saturated heterocycles. The van der Waals surface area contributed by atoms with E-state index in [2.05, 4.69) is 54.9 Å². The summed E-state index contributed by atoms with van der Waals surface area (Å²) in [5.41, 5.74) is 9.74. The average molecular weight is 348 g/mol. The molecule has 112 valence electrons. The zero-order valence-electron chi connectivity index (χ0n) is 12.8. The number of halogens is 1. The van der Waals surface area contributed by atoms with Gasteiger partial charge in [-0.25, -0.2) is 0 Å². The maximum atomic E-state index is 6.01. The lowest BCUT2D eigenvalue weighted by Gasteiger charge is -2.13. The van der Waals surface area contributed by atoms with E-state index in [0.717, 1.165) is 28.8 Å². The highest BCUT2D eigenvalue weighted by atomic mass is 79.9. The molecule has 0 aromatic heterocycles. The molecule has 2 rings (SSSR count). The molecule has 0 bridgehead atoms. The minimum absolute atomic E-state index is 0.202. The van der Waals surface area contributed by atoms with E-state index >= 15 is 0 Å². The van der Waals surface area contributed by atoms with Crippen LogP contribution in [0.25, 0.3) is 0 Å². The molecule has 0 spiro atoms. The van der Waals surface area contributed by atoms with Crippen LogP contribution in [0.4, 0.5) is 0 Å². The van der Waals surface area contributed by atoms with Gasteiger partial charge in [0.2, 0.25) is 0 Å². The van der Waals surface area contributed by atoms with Crippen LogP contribution in [-0.4, -0.2) is 6.04 Å². The Morgan fingerprint density at radius 3 is 2.33 bits per heavy atom. The van der Waals surface area contributed by atoms with Crippen LogP contribution in [0, 0.1) is 13.8 Å². The van der Waals surface area contributed by atoms with E-state index in [-0.39, 0.29) is 6.04 Å². The smallest absolute Gasteiger partial charge is 0.128 e. The monoisotopic (exact) mass is 347 g/mol. The Kier molecular flexibility index (Phi) is 5.43. The largest absolute Gasteiger partial charge is 0.457 e. The van der Waals surface area contributed by atoms with Gasteiger partial charge in [-0.05, 0) is 67.6 Å². The number of ether oxygens (including phenoxy) is 1. The van der Waals surface area contributed by atoms with Crippen molar-refractivity contribution in [3.8, 4) is 11.5 Å². The molecule has 2 nitrogen and oxygen atoms in total. The normalized spacial score (nSPS) is 12.2. The summed E-state index contributed by atoms with van der Waals surface area (Å²) in [6, 6.07) is 12.4. The van der Waals surface area contributed by atoms with Crippen LogP contribution in [-0.2, 0) is 6.42 Å². The van der Waals surface area contributed by atoms with E-state index in [1.807, 2.05) is 18.2 Å². The van der Waals surface area contributed by atoms with Gasteiger partial charge in [-0.1, -0.05) is 35.0 Å². The quantitative estimate of drug-likeness (QED) is 0.812. The van der Waals surface area contributed by atoms with Crippen LogP contribution in [0.5, 0.6) is 11.5 Å². The van der Waals surface area contributed by atoms with Crippen molar-refractivity contribution in [1.29, 1.82) is 0 Å². The van der Waals surface area contributed by atoms with Gasteiger partial charge in [0.05, 0.1) is 0 Å². The summed E-state index contributed by atoms with van der Waals surface area (Å²) in [7, 11) is 0. The summed E-state index contributed by atoms with van der Waals surface area (Å²) in [6.45, 7) is 6.30. The maximum Gasteiger partial charge on any atom is 0.128 e. The van der Waals surface area contributed by atoms with E-state index < -0.39 is 0 Å². The molecule has 0 heterocycles. The molecular formula is C18H22BrNO. The summed E-state index contributed by atoms with van der Waals surface area (Å²) >= 11 is 3.61. The molecule has 0 aliphatic rings. The van der Waals surface area contributed by atoms with Gasteiger partial charge in [-0.2, -0.15) is 0 Å². The predicted octanol–water partition coefficient (Wildman–Crippen LogP) is 5.14. The van der Waals surface area contributed by atoms with Gasteiger partial charge in [0.25, 0.3) is 0 Å². The minimum atomic E-state index is 0.202. The molecule has 0 aliphatic carbocycles. The fourth-order valence-electron chi connectivity index (χ4n) is 2.10. The van der Waals surface area contributed by atoms with Crippen molar-refractivity contribution in [2.45, 2.75) is 39.7 Å². The van der Waals surface area contributed by atoms with Crippen LogP contribution in [0.3, 0.4) is 0 Å². The lowest BCUT2D eigenvalue weighted by molar-refractivity contribution is 0.481. The van der Waals surface area contributed by atoms with Crippen molar-refractivity contribution in [3.63, 3.8) is 0 Å². The van der Waals surface area contributed by atoms with Crippen LogP contribution in [0.1, 0.15) is 30.0 Å². The second-order valence-corrected chi connectivity index (χ2v) is 6.33. The number of rotatable bonds is 5. The Labute approximate surface area is 135 Å². The maximum absolute atomic E-state index is 6.01. The first-order valence-electron chi connectivity index (χ1n) is 7.28. The first-order valence-corrected chi connectivity index (χ1v) is 8.08. The molecule has 0 aliphatic heterocycles. The van der Waals surface area contributed by atoms with Gasteiger partial charge in [0.1, 0.15) is 11.5 Å². The van der Waals surface area contributed by atoms with Gasteiger partial charge in [-0.15, -0.1) is 0 Å². The van der Waals surface area contributed by atoms with Gasteiger partial charge in [-0.3, -0.25) is 0 Å². The zero-order valence-corrected chi connectivity index (χ0v) is 14.4. The van der Waals surface area contributed by atoms with Crippen molar-refractivity contribution in [2.75, 3.05) is 0 Å². The van der Waals surface area contributed by atoms with Crippen molar-refractivity contribution < 1.29 is 4.74 Å². The fraction of sp³-hybridized carbons (Fsp3) is 0.333. The second-order valence-electron chi connectivity index (χ2n) is 5.47. The number of benzene rings is 2. The first-order chi connectivity index (χ1) is 9.99. The standard InChI is InChI=1S/C18H22BrNO/c1-4-15(20)10-14-6-8-17(11-18(14)19)21-16-7-5-12(2)13(3)9-16/h5-9,11,15H,4,10,20H2,1-3H3. The summed E-state index contributed by atoms with van der Waals surface area (Å²) < 4.78 is 6.97. The number of aryl methyl sites for hydroxylation is 2. The minimum Gasteiger partial charge on any atom is -0.457 e. The molecule has 2 aromatic rings. The zero-order chi connectivity index (χ0) is 15.4. The van der Waals surface area contributed by atoms with Crippen LogP contribution in [0.2, 0.25) is 0 Å². The SMILES string of the molecule is CCC(N)Cc1ccc(Oc2ccc(C)c(C)c2)cc1Br. The molecule has 1 atom stereocenters. The van der Waals surface area contributed by atoms with E-state index in [1.54, 1.807) is 0 Å². The molecule has 0 fully saturated rings. The molecule has 3 heteroatoms. The Hall–Kier alpha value is -1.32. The Bertz CT molecular complexity index is 625. The van der Waals surface area contributed by atoms with Crippen molar-refractivity contribution >= 4 is 15.9 Å². The Morgan fingerprint density at radius 2 is 1.71 bits per heavy atom. The molecule has 2 N–H and O–H groups in total. The van der Waals surface area contributed by atoms with E-state index in [1.165, 1.54) is 16.7 Å². The summed E-state index contributed by atoms with van der Waals surface area (Å²) in [6.07, 6.45) is 1.86. The van der Waals surface area contributed by atoms with Crippen LogP contribution in [0.15, 0.2) is 40.9 Å². The van der Waals surface area contributed by atoms with Gasteiger partial charge >= 0.3 is 0 Å². The third kappa shape index (κ3) is 4.32. The van der Waals surface area contributed by atoms with E-state index in [4.69, 9.17) is 10.5 Å². The highest BCUT2D eigenvalue weighted by Crippen LogP contribution is 2.28. The summed E-state index contributed by atoms with van der Waals surface area (Å²) in [4.78, 5) is 0. The third-order valence-corrected chi connectivity index (χ3v) is 4.48.